The van der Waals surface area contributed by atoms with Crippen molar-refractivity contribution >= 4 is 0 Å². The van der Waals surface area contributed by atoms with Crippen LogP contribution in [0.3, 0.4) is 0 Å². The molecule has 0 spiro atoms. The van der Waals surface area contributed by atoms with Gasteiger partial charge < -0.3 is 0 Å². The van der Waals surface area contributed by atoms with Gasteiger partial charge in [-0.05, 0) is 22.8 Å². The van der Waals surface area contributed by atoms with Crippen LogP contribution >= 0.6 is 0 Å². The van der Waals surface area contributed by atoms with E-state index in [-0.39, 0.29) is 0 Å². The van der Waals surface area contributed by atoms with Gasteiger partial charge in [-0.3, -0.25) is 0 Å². The second kappa shape index (κ2) is 5.67. The lowest BCUT2D eigenvalue weighted by Gasteiger charge is -2.09. The van der Waals surface area contributed by atoms with Crippen LogP contribution in [-0.2, 0) is 6.42 Å². The first-order chi connectivity index (χ1) is 12.4. The van der Waals surface area contributed by atoms with Gasteiger partial charge in [0.25, 0.3) is 0 Å². The van der Waals surface area contributed by atoms with Crippen molar-refractivity contribution in [3.05, 3.63) is 96.3 Å². The molecule has 118 valence electrons. The number of hydrogen-bond donors (Lipinski definition) is 0. The molecule has 0 unspecified atom stereocenters. The highest BCUT2D eigenvalue weighted by Crippen LogP contribution is 2.39. The fourth-order valence-corrected chi connectivity index (χ4v) is 3.63. The Balaban J connectivity index is 1.65. The minimum absolute atomic E-state index is 0.900. The Morgan fingerprint density at radius 1 is 0.600 bits per heavy atom. The normalized spacial score (nSPS) is 11.8. The molecule has 0 N–H and O–H groups in total. The molecule has 0 aliphatic heterocycles. The Bertz CT molecular complexity index is 1070. The maximum Gasteiger partial charge on any atom is 0.116 e. The second-order valence-corrected chi connectivity index (χ2v) is 6.33. The summed E-state index contributed by atoms with van der Waals surface area (Å²) >= 11 is 0. The van der Waals surface area contributed by atoms with Crippen molar-refractivity contribution in [3.63, 3.8) is 0 Å². The molecule has 1 aromatic heterocycles. The monoisotopic (exact) mass is 320 g/mol. The Labute approximate surface area is 146 Å². The third-order valence-electron chi connectivity index (χ3n) is 4.83. The van der Waals surface area contributed by atoms with E-state index in [1.54, 1.807) is 6.33 Å². The molecule has 2 heteroatoms. The molecule has 1 aliphatic rings. The summed E-state index contributed by atoms with van der Waals surface area (Å²) in [6.07, 6.45) is 2.59. The Morgan fingerprint density at radius 3 is 2.24 bits per heavy atom. The van der Waals surface area contributed by atoms with Crippen LogP contribution in [0.25, 0.3) is 33.6 Å². The van der Waals surface area contributed by atoms with Gasteiger partial charge in [0.05, 0.1) is 11.4 Å². The van der Waals surface area contributed by atoms with E-state index in [1.165, 1.54) is 27.8 Å². The zero-order chi connectivity index (χ0) is 16.6. The molecule has 0 atom stereocenters. The molecule has 25 heavy (non-hydrogen) atoms. The van der Waals surface area contributed by atoms with Gasteiger partial charge in [-0.25, -0.2) is 9.97 Å². The number of benzene rings is 3. The van der Waals surface area contributed by atoms with Crippen LogP contribution in [-0.4, -0.2) is 9.97 Å². The molecule has 0 radical (unpaired) electrons. The van der Waals surface area contributed by atoms with E-state index in [4.69, 9.17) is 0 Å². The summed E-state index contributed by atoms with van der Waals surface area (Å²) in [6, 6.07) is 27.6. The molecule has 5 rings (SSSR count). The highest BCUT2D eigenvalue weighted by atomic mass is 14.9. The molecule has 0 saturated heterocycles. The number of hydrogen-bond acceptors (Lipinski definition) is 2. The Hall–Kier alpha value is -3.26. The van der Waals surface area contributed by atoms with Crippen LogP contribution in [0, 0.1) is 0 Å². The Morgan fingerprint density at radius 2 is 1.32 bits per heavy atom. The summed E-state index contributed by atoms with van der Waals surface area (Å²) in [7, 11) is 0. The number of fused-ring (bicyclic) bond motifs is 3. The van der Waals surface area contributed by atoms with E-state index >= 15 is 0 Å². The van der Waals surface area contributed by atoms with Crippen molar-refractivity contribution in [2.75, 3.05) is 0 Å². The lowest BCUT2D eigenvalue weighted by atomic mass is 9.99. The number of nitrogens with zero attached hydrogens (tertiary/aromatic N) is 2. The van der Waals surface area contributed by atoms with Crippen LogP contribution < -0.4 is 0 Å². The van der Waals surface area contributed by atoms with Gasteiger partial charge in [0.15, 0.2) is 0 Å². The van der Waals surface area contributed by atoms with Crippen molar-refractivity contribution in [2.24, 2.45) is 0 Å². The largest absolute Gasteiger partial charge is 0.236 e. The van der Waals surface area contributed by atoms with Gasteiger partial charge in [-0.15, -0.1) is 0 Å². The number of aromatic nitrogens is 2. The standard InChI is InChI=1S/C23H16N2/c1-2-7-16(8-3-1)17-10-6-11-19(13-17)22-21-14-18-9-4-5-12-20(18)23(21)25-15-24-22/h1-13,15H,14H2. The van der Waals surface area contributed by atoms with E-state index in [0.29, 0.717) is 0 Å². The van der Waals surface area contributed by atoms with Crippen molar-refractivity contribution in [2.45, 2.75) is 6.42 Å². The minimum atomic E-state index is 0.900. The van der Waals surface area contributed by atoms with E-state index in [0.717, 1.165) is 23.4 Å². The van der Waals surface area contributed by atoms with Gasteiger partial charge in [-0.2, -0.15) is 0 Å². The molecule has 0 fully saturated rings. The summed E-state index contributed by atoms with van der Waals surface area (Å²) in [5.41, 5.74) is 9.49. The summed E-state index contributed by atoms with van der Waals surface area (Å²) in [4.78, 5) is 9.18. The van der Waals surface area contributed by atoms with Crippen LogP contribution in [0.1, 0.15) is 11.1 Å². The highest BCUT2D eigenvalue weighted by Gasteiger charge is 2.23. The predicted molar refractivity (Wildman–Crippen MR) is 101 cm³/mol. The molecule has 2 nitrogen and oxygen atoms in total. The summed E-state index contributed by atoms with van der Waals surface area (Å²) in [5.74, 6) is 0. The molecule has 1 aliphatic carbocycles. The molecule has 1 heterocycles. The smallest absolute Gasteiger partial charge is 0.116 e. The van der Waals surface area contributed by atoms with Crippen LogP contribution in [0.15, 0.2) is 85.2 Å². The van der Waals surface area contributed by atoms with Gasteiger partial charge >= 0.3 is 0 Å². The molecule has 4 aromatic rings. The van der Waals surface area contributed by atoms with Crippen LogP contribution in [0.4, 0.5) is 0 Å². The maximum absolute atomic E-state index is 4.63. The van der Waals surface area contributed by atoms with Gasteiger partial charge in [0.2, 0.25) is 0 Å². The van der Waals surface area contributed by atoms with Crippen molar-refractivity contribution in [1.82, 2.24) is 9.97 Å². The zero-order valence-corrected chi connectivity index (χ0v) is 13.7. The van der Waals surface area contributed by atoms with E-state index in [1.807, 2.05) is 6.07 Å². The fourth-order valence-electron chi connectivity index (χ4n) is 3.63. The average molecular weight is 320 g/mol. The molecule has 3 aromatic carbocycles. The van der Waals surface area contributed by atoms with Gasteiger partial charge in [-0.1, -0.05) is 72.8 Å². The second-order valence-electron chi connectivity index (χ2n) is 6.33. The van der Waals surface area contributed by atoms with Crippen molar-refractivity contribution in [3.8, 4) is 33.6 Å². The lowest BCUT2D eigenvalue weighted by molar-refractivity contribution is 1.13. The summed E-state index contributed by atoms with van der Waals surface area (Å²) < 4.78 is 0. The highest BCUT2D eigenvalue weighted by molar-refractivity contribution is 5.81. The van der Waals surface area contributed by atoms with E-state index in [2.05, 4.69) is 82.8 Å². The first-order valence-corrected chi connectivity index (χ1v) is 8.48. The quantitative estimate of drug-likeness (QED) is 0.436. The number of rotatable bonds is 2. The van der Waals surface area contributed by atoms with E-state index in [9.17, 15) is 0 Å². The SMILES string of the molecule is c1ccc(-c2cccc(-c3ncnc4c3Cc3ccccc3-4)c2)cc1. The predicted octanol–water partition coefficient (Wildman–Crippen LogP) is 5.38. The lowest BCUT2D eigenvalue weighted by Crippen LogP contribution is -1.94. The average Bonchev–Trinajstić information content (AvgIpc) is 3.07. The van der Waals surface area contributed by atoms with Crippen molar-refractivity contribution < 1.29 is 0 Å². The summed E-state index contributed by atoms with van der Waals surface area (Å²) in [6.45, 7) is 0. The Kier molecular flexibility index (Phi) is 3.20. The molecular formula is C23H16N2. The van der Waals surface area contributed by atoms with Crippen molar-refractivity contribution in [1.29, 1.82) is 0 Å². The molecule has 0 saturated carbocycles. The first kappa shape index (κ1) is 14.1. The fraction of sp³-hybridized carbons (Fsp3) is 0.0435. The molecule has 0 amide bonds. The topological polar surface area (TPSA) is 25.8 Å². The van der Waals surface area contributed by atoms with E-state index < -0.39 is 0 Å². The molecule has 0 bridgehead atoms. The van der Waals surface area contributed by atoms with Gasteiger partial charge in [0.1, 0.15) is 6.33 Å². The first-order valence-electron chi connectivity index (χ1n) is 8.48. The van der Waals surface area contributed by atoms with Gasteiger partial charge in [0, 0.05) is 23.1 Å². The zero-order valence-electron chi connectivity index (χ0n) is 13.7. The van der Waals surface area contributed by atoms with Crippen LogP contribution in [0.5, 0.6) is 0 Å². The molecular weight excluding hydrogens is 304 g/mol. The maximum atomic E-state index is 4.63. The minimum Gasteiger partial charge on any atom is -0.236 e. The third kappa shape index (κ3) is 2.34. The summed E-state index contributed by atoms with van der Waals surface area (Å²) in [5, 5.41) is 0. The van der Waals surface area contributed by atoms with Crippen LogP contribution in [0.2, 0.25) is 0 Å². The third-order valence-corrected chi connectivity index (χ3v) is 4.83.